The zero-order valence-electron chi connectivity index (χ0n) is 20.1. The van der Waals surface area contributed by atoms with E-state index < -0.39 is 29.8 Å². The number of ether oxygens (including phenoxy) is 2. The number of methoxy groups -OCH3 is 1. The number of carbonyl (C=O) groups is 2. The van der Waals surface area contributed by atoms with E-state index in [0.717, 1.165) is 17.7 Å². The molecule has 1 atom stereocenters. The average molecular weight is 510 g/mol. The van der Waals surface area contributed by atoms with Gasteiger partial charge in [0.05, 0.1) is 54.6 Å². The summed E-state index contributed by atoms with van der Waals surface area (Å²) in [5.74, 6) is -2.83. The highest BCUT2D eigenvalue weighted by atomic mass is 19.1. The number of amides is 1. The fourth-order valence-corrected chi connectivity index (χ4v) is 4.56. The van der Waals surface area contributed by atoms with Crippen molar-refractivity contribution in [1.82, 2.24) is 18.9 Å². The third-order valence-electron chi connectivity index (χ3n) is 6.37. The Morgan fingerprint density at radius 1 is 1.19 bits per heavy atom. The Bertz CT molecular complexity index is 1490. The maximum Gasteiger partial charge on any atom is 0.409 e. The van der Waals surface area contributed by atoms with Crippen LogP contribution in [-0.2, 0) is 15.9 Å². The number of morpholine rings is 1. The van der Waals surface area contributed by atoms with Gasteiger partial charge in [0.1, 0.15) is 17.3 Å². The van der Waals surface area contributed by atoms with Crippen molar-refractivity contribution in [2.45, 2.75) is 19.4 Å². The molecule has 192 valence electrons. The summed E-state index contributed by atoms with van der Waals surface area (Å²) < 4.78 is 44.8. The van der Waals surface area contributed by atoms with Crippen LogP contribution in [0, 0.1) is 18.6 Å². The molecule has 0 spiro atoms. The normalized spacial score (nSPS) is 15.8. The van der Waals surface area contributed by atoms with E-state index in [-0.39, 0.29) is 35.5 Å². The van der Waals surface area contributed by atoms with Crippen LogP contribution in [0.15, 0.2) is 48.9 Å². The van der Waals surface area contributed by atoms with Gasteiger partial charge in [0, 0.05) is 31.6 Å². The summed E-state index contributed by atoms with van der Waals surface area (Å²) in [6, 6.07) is 7.30. The summed E-state index contributed by atoms with van der Waals surface area (Å²) >= 11 is 0. The topological polar surface area (TPSA) is 98.3 Å². The minimum absolute atomic E-state index is 0.00335. The van der Waals surface area contributed by atoms with Gasteiger partial charge in [0.2, 0.25) is 0 Å². The number of fused-ring (bicyclic) bond motifs is 1. The van der Waals surface area contributed by atoms with Crippen molar-refractivity contribution in [2.75, 3.05) is 26.8 Å². The standard InChI is InChI=1S/C26H24F2N4O5/c1-15-3-6-32-21(12-18-14-31(7-8-37-18)26(35)36-2)24(29-22(32)9-15)23-19(27)10-17(11-20(23)28)30-5-4-16(13-30)25(33)34/h3-6,9-11,13,18H,7-8,12,14H2,1-2H3,(H,33,34)/t18-/m0/s1. The highest BCUT2D eigenvalue weighted by molar-refractivity contribution is 5.87. The van der Waals surface area contributed by atoms with Crippen LogP contribution in [0.3, 0.4) is 0 Å². The first kappa shape index (κ1) is 24.4. The molecule has 1 aliphatic rings. The van der Waals surface area contributed by atoms with E-state index in [0.29, 0.717) is 24.5 Å². The third kappa shape index (κ3) is 4.65. The Labute approximate surface area is 210 Å². The van der Waals surface area contributed by atoms with Gasteiger partial charge in [-0.15, -0.1) is 0 Å². The van der Waals surface area contributed by atoms with Gasteiger partial charge >= 0.3 is 12.1 Å². The Hall–Kier alpha value is -4.25. The maximum atomic E-state index is 15.5. The molecule has 4 aromatic rings. The van der Waals surface area contributed by atoms with Gasteiger partial charge in [-0.3, -0.25) is 0 Å². The molecule has 37 heavy (non-hydrogen) atoms. The molecule has 1 fully saturated rings. The van der Waals surface area contributed by atoms with Gasteiger partial charge in [0.15, 0.2) is 0 Å². The number of aryl methyl sites for hydroxylation is 1. The number of imidazole rings is 1. The summed E-state index contributed by atoms with van der Waals surface area (Å²) in [6.45, 7) is 2.84. The summed E-state index contributed by atoms with van der Waals surface area (Å²) in [5.41, 5.74) is 1.94. The molecule has 0 saturated carbocycles. The number of halogens is 2. The zero-order valence-corrected chi connectivity index (χ0v) is 20.1. The number of benzene rings is 1. The third-order valence-corrected chi connectivity index (χ3v) is 6.37. The number of hydrogen-bond acceptors (Lipinski definition) is 5. The van der Waals surface area contributed by atoms with Gasteiger partial charge in [-0.25, -0.2) is 23.4 Å². The van der Waals surface area contributed by atoms with Crippen molar-refractivity contribution in [3.05, 3.63) is 77.4 Å². The van der Waals surface area contributed by atoms with E-state index in [9.17, 15) is 9.59 Å². The second-order valence-corrected chi connectivity index (χ2v) is 8.85. The van der Waals surface area contributed by atoms with E-state index >= 15 is 8.78 Å². The van der Waals surface area contributed by atoms with Crippen molar-refractivity contribution in [3.63, 3.8) is 0 Å². The summed E-state index contributed by atoms with van der Waals surface area (Å²) in [7, 11) is 1.31. The largest absolute Gasteiger partial charge is 0.478 e. The number of hydrogen-bond donors (Lipinski definition) is 1. The molecule has 0 unspecified atom stereocenters. The predicted octanol–water partition coefficient (Wildman–Crippen LogP) is 4.09. The maximum absolute atomic E-state index is 15.5. The van der Waals surface area contributed by atoms with Crippen molar-refractivity contribution in [3.8, 4) is 16.9 Å². The number of carboxylic acids is 1. The van der Waals surface area contributed by atoms with Crippen LogP contribution in [-0.4, -0.2) is 68.9 Å². The molecule has 0 aliphatic carbocycles. The lowest BCUT2D eigenvalue weighted by molar-refractivity contribution is -0.0241. The number of carboxylic acid groups (broad SMARTS) is 1. The van der Waals surface area contributed by atoms with Gasteiger partial charge in [0.25, 0.3) is 0 Å². The molecule has 0 bridgehead atoms. The molecular formula is C26H24F2N4O5. The number of rotatable bonds is 5. The molecule has 3 aromatic heterocycles. The van der Waals surface area contributed by atoms with E-state index in [1.807, 2.05) is 19.1 Å². The summed E-state index contributed by atoms with van der Waals surface area (Å²) in [4.78, 5) is 29.3. The Morgan fingerprint density at radius 2 is 1.95 bits per heavy atom. The Kier molecular flexibility index (Phi) is 6.38. The number of nitrogens with zero attached hydrogens (tertiary/aromatic N) is 4. The van der Waals surface area contributed by atoms with Gasteiger partial charge < -0.3 is 28.4 Å². The monoisotopic (exact) mass is 510 g/mol. The highest BCUT2D eigenvalue weighted by Gasteiger charge is 2.29. The fourth-order valence-electron chi connectivity index (χ4n) is 4.56. The molecule has 9 nitrogen and oxygen atoms in total. The van der Waals surface area contributed by atoms with Crippen LogP contribution in [0.2, 0.25) is 0 Å². The SMILES string of the molecule is COC(=O)N1CCO[C@@H](Cc2c(-c3c(F)cc(-n4ccc(C(=O)O)c4)cc3F)nc3cc(C)ccn23)C1. The predicted molar refractivity (Wildman–Crippen MR) is 129 cm³/mol. The molecule has 1 aromatic carbocycles. The number of aromatic carboxylic acids is 1. The minimum atomic E-state index is -1.14. The van der Waals surface area contributed by atoms with Gasteiger partial charge in [-0.05, 0) is 42.8 Å². The molecule has 1 amide bonds. The fraction of sp³-hybridized carbons (Fsp3) is 0.269. The lowest BCUT2D eigenvalue weighted by atomic mass is 10.0. The lowest BCUT2D eigenvalue weighted by Gasteiger charge is -2.32. The molecule has 5 rings (SSSR count). The first-order valence-electron chi connectivity index (χ1n) is 11.6. The van der Waals surface area contributed by atoms with Crippen LogP contribution in [0.4, 0.5) is 13.6 Å². The van der Waals surface area contributed by atoms with E-state index in [1.165, 1.54) is 35.0 Å². The lowest BCUT2D eigenvalue weighted by Crippen LogP contribution is -2.46. The summed E-state index contributed by atoms with van der Waals surface area (Å²) in [6.07, 6.45) is 3.83. The number of carbonyl (C=O) groups excluding carboxylic acids is 1. The first-order chi connectivity index (χ1) is 17.7. The molecule has 1 aliphatic heterocycles. The van der Waals surface area contributed by atoms with Crippen LogP contribution < -0.4 is 0 Å². The Balaban J connectivity index is 1.57. The molecular weight excluding hydrogens is 486 g/mol. The van der Waals surface area contributed by atoms with Gasteiger partial charge in [-0.1, -0.05) is 0 Å². The molecule has 1 saturated heterocycles. The second kappa shape index (κ2) is 9.66. The first-order valence-corrected chi connectivity index (χ1v) is 11.6. The smallest absolute Gasteiger partial charge is 0.409 e. The quantitative estimate of drug-likeness (QED) is 0.435. The molecule has 0 radical (unpaired) electrons. The second-order valence-electron chi connectivity index (χ2n) is 8.85. The average Bonchev–Trinajstić information content (AvgIpc) is 3.49. The van der Waals surface area contributed by atoms with Crippen molar-refractivity contribution in [1.29, 1.82) is 0 Å². The van der Waals surface area contributed by atoms with Crippen molar-refractivity contribution < 1.29 is 33.0 Å². The van der Waals surface area contributed by atoms with Crippen molar-refractivity contribution >= 4 is 17.7 Å². The number of pyridine rings is 1. The van der Waals surface area contributed by atoms with Crippen molar-refractivity contribution in [2.24, 2.45) is 0 Å². The van der Waals surface area contributed by atoms with Crippen LogP contribution in [0.1, 0.15) is 21.6 Å². The zero-order chi connectivity index (χ0) is 26.3. The van der Waals surface area contributed by atoms with Crippen LogP contribution >= 0.6 is 0 Å². The highest BCUT2D eigenvalue weighted by Crippen LogP contribution is 2.33. The van der Waals surface area contributed by atoms with E-state index in [1.54, 1.807) is 10.6 Å². The van der Waals surface area contributed by atoms with Gasteiger partial charge in [-0.2, -0.15) is 0 Å². The molecule has 4 heterocycles. The number of aromatic nitrogens is 3. The van der Waals surface area contributed by atoms with E-state index in [2.05, 4.69) is 4.98 Å². The minimum Gasteiger partial charge on any atom is -0.478 e. The van der Waals surface area contributed by atoms with Crippen LogP contribution in [0.25, 0.3) is 22.6 Å². The molecule has 1 N–H and O–H groups in total. The van der Waals surface area contributed by atoms with Crippen LogP contribution in [0.5, 0.6) is 0 Å². The summed E-state index contributed by atoms with van der Waals surface area (Å²) in [5, 5.41) is 9.15. The van der Waals surface area contributed by atoms with E-state index in [4.69, 9.17) is 14.6 Å². The Morgan fingerprint density at radius 3 is 2.62 bits per heavy atom. The molecule has 11 heteroatoms.